The Hall–Kier alpha value is -1.94. The molecule has 0 amide bonds. The van der Waals surface area contributed by atoms with Crippen LogP contribution in [-0.2, 0) is 0 Å². The minimum absolute atomic E-state index is 0.627. The molecule has 2 saturated heterocycles. The molecule has 2 aliphatic rings. The van der Waals surface area contributed by atoms with Crippen LogP contribution in [0.3, 0.4) is 0 Å². The van der Waals surface area contributed by atoms with Gasteiger partial charge < -0.3 is 9.38 Å². The van der Waals surface area contributed by atoms with Crippen molar-refractivity contribution in [3.63, 3.8) is 0 Å². The van der Waals surface area contributed by atoms with Gasteiger partial charge in [0.2, 0.25) is 0 Å². The monoisotopic (exact) mass is 281 g/mol. The predicted octanol–water partition coefficient (Wildman–Crippen LogP) is 2.18. The molecule has 1 aromatic carbocycles. The molecule has 3 heterocycles. The topological polar surface area (TPSA) is 29.0 Å². The van der Waals surface area contributed by atoms with E-state index in [4.69, 9.17) is 0 Å². The molecule has 0 saturated carbocycles. The number of likely N-dealkylation sites (tertiary alicyclic amines) is 1. The minimum Gasteiger partial charge on any atom is -0.340 e. The van der Waals surface area contributed by atoms with Gasteiger partial charge in [0.25, 0.3) is 0 Å². The molecule has 0 radical (unpaired) electrons. The summed E-state index contributed by atoms with van der Waals surface area (Å²) < 4.78 is 1.15. The summed E-state index contributed by atoms with van der Waals surface area (Å²) in [6.07, 6.45) is 1.29. The number of nitrogens with zero attached hydrogens (tertiary/aromatic N) is 4. The molecule has 2 atom stereocenters. The number of hydrogen-bond acceptors (Lipinski definition) is 3. The number of fused-ring (bicyclic) bond motifs is 2. The maximum Gasteiger partial charge on any atom is 0.151 e. The molecular weight excluding hydrogens is 260 g/mol. The molecule has 0 N–H and O–H groups in total. The summed E-state index contributed by atoms with van der Waals surface area (Å²) in [4.78, 5) is 2.44. The van der Waals surface area contributed by atoms with Crippen molar-refractivity contribution in [2.75, 3.05) is 32.1 Å². The SMILES string of the molecule is C[N+]1(C)C[C@H]2C[C@@H]1CN2c1ccc(-c2ccccc2)nn1. The first-order chi connectivity index (χ1) is 10.1. The average molecular weight is 281 g/mol. The molecule has 21 heavy (non-hydrogen) atoms. The van der Waals surface area contributed by atoms with Crippen LogP contribution in [0, 0.1) is 0 Å². The summed E-state index contributed by atoms with van der Waals surface area (Å²) in [5, 5.41) is 8.89. The molecule has 4 heteroatoms. The van der Waals surface area contributed by atoms with Crippen molar-refractivity contribution in [1.29, 1.82) is 0 Å². The smallest absolute Gasteiger partial charge is 0.151 e. The number of likely N-dealkylation sites (N-methyl/N-ethyl adjacent to an activating group) is 1. The van der Waals surface area contributed by atoms with Gasteiger partial charge in [-0.25, -0.2) is 0 Å². The molecule has 108 valence electrons. The number of hydrogen-bond donors (Lipinski definition) is 0. The Kier molecular flexibility index (Phi) is 2.76. The third-order valence-corrected chi connectivity index (χ3v) is 5.08. The van der Waals surface area contributed by atoms with Crippen LogP contribution in [-0.4, -0.2) is 53.9 Å². The van der Waals surface area contributed by atoms with E-state index in [0.29, 0.717) is 6.04 Å². The molecule has 4 rings (SSSR count). The van der Waals surface area contributed by atoms with Crippen molar-refractivity contribution in [3.05, 3.63) is 42.5 Å². The van der Waals surface area contributed by atoms with Crippen LogP contribution in [0.4, 0.5) is 5.82 Å². The lowest BCUT2D eigenvalue weighted by Crippen LogP contribution is -2.55. The number of rotatable bonds is 2. The molecule has 1 aromatic heterocycles. The molecule has 2 bridgehead atoms. The third kappa shape index (κ3) is 2.10. The molecule has 4 nitrogen and oxygen atoms in total. The lowest BCUT2D eigenvalue weighted by molar-refractivity contribution is -0.903. The van der Waals surface area contributed by atoms with Crippen LogP contribution in [0.25, 0.3) is 11.3 Å². The first-order valence-corrected chi connectivity index (χ1v) is 7.62. The molecule has 0 spiro atoms. The van der Waals surface area contributed by atoms with Crippen LogP contribution >= 0.6 is 0 Å². The van der Waals surface area contributed by atoms with Crippen molar-refractivity contribution in [1.82, 2.24) is 10.2 Å². The maximum absolute atomic E-state index is 4.47. The lowest BCUT2D eigenvalue weighted by Gasteiger charge is -2.38. The first kappa shape index (κ1) is 12.8. The van der Waals surface area contributed by atoms with Gasteiger partial charge >= 0.3 is 0 Å². The van der Waals surface area contributed by atoms with E-state index in [1.165, 1.54) is 13.0 Å². The quantitative estimate of drug-likeness (QED) is 0.790. The number of anilines is 1. The fourth-order valence-electron chi connectivity index (χ4n) is 3.79. The highest BCUT2D eigenvalue weighted by molar-refractivity contribution is 5.59. The second-order valence-corrected chi connectivity index (χ2v) is 6.80. The zero-order valence-electron chi connectivity index (χ0n) is 12.6. The van der Waals surface area contributed by atoms with Crippen molar-refractivity contribution in [2.45, 2.75) is 18.5 Å². The highest BCUT2D eigenvalue weighted by atomic mass is 15.5. The summed E-state index contributed by atoms with van der Waals surface area (Å²) >= 11 is 0. The zero-order valence-corrected chi connectivity index (χ0v) is 12.6. The molecular formula is C17H21N4+. The van der Waals surface area contributed by atoms with Gasteiger partial charge in [0.05, 0.1) is 38.9 Å². The van der Waals surface area contributed by atoms with Gasteiger partial charge in [0.15, 0.2) is 5.82 Å². The Bertz CT molecular complexity index is 636. The number of benzene rings is 1. The molecule has 0 aliphatic carbocycles. The van der Waals surface area contributed by atoms with E-state index in [2.05, 4.69) is 53.5 Å². The lowest BCUT2D eigenvalue weighted by atomic mass is 10.1. The standard InChI is InChI=1S/C17H21N4/c1-21(2)12-14-10-15(21)11-20(14)17-9-8-16(18-19-17)13-6-4-3-5-7-13/h3-9,14-15H,10-12H2,1-2H3/q+1/t14-,15-/m1/s1. The summed E-state index contributed by atoms with van der Waals surface area (Å²) in [5.41, 5.74) is 2.07. The van der Waals surface area contributed by atoms with Gasteiger partial charge in [-0.1, -0.05) is 30.3 Å². The van der Waals surface area contributed by atoms with Crippen molar-refractivity contribution >= 4 is 5.82 Å². The summed E-state index contributed by atoms with van der Waals surface area (Å²) in [6.45, 7) is 2.32. The van der Waals surface area contributed by atoms with E-state index in [1.807, 2.05) is 18.2 Å². The number of quaternary nitrogens is 1. The van der Waals surface area contributed by atoms with Crippen molar-refractivity contribution < 1.29 is 4.48 Å². The average Bonchev–Trinajstić information content (AvgIpc) is 3.04. The summed E-state index contributed by atoms with van der Waals surface area (Å²) in [6, 6.07) is 15.8. The van der Waals surface area contributed by atoms with E-state index in [0.717, 1.165) is 34.1 Å². The van der Waals surface area contributed by atoms with Crippen molar-refractivity contribution in [3.8, 4) is 11.3 Å². The largest absolute Gasteiger partial charge is 0.340 e. The highest BCUT2D eigenvalue weighted by Gasteiger charge is 2.50. The van der Waals surface area contributed by atoms with Gasteiger partial charge in [-0.2, -0.15) is 0 Å². The molecule has 0 unspecified atom stereocenters. The molecule has 2 fully saturated rings. The van der Waals surface area contributed by atoms with Gasteiger partial charge in [0, 0.05) is 12.0 Å². The zero-order chi connectivity index (χ0) is 14.4. The highest BCUT2D eigenvalue weighted by Crippen LogP contribution is 2.36. The van der Waals surface area contributed by atoms with E-state index in [-0.39, 0.29) is 0 Å². The number of aromatic nitrogens is 2. The summed E-state index contributed by atoms with van der Waals surface area (Å²) in [7, 11) is 4.68. The van der Waals surface area contributed by atoms with Crippen LogP contribution < -0.4 is 4.90 Å². The normalized spacial score (nSPS) is 26.3. The second-order valence-electron chi connectivity index (χ2n) is 6.80. The number of piperazine rings is 1. The van der Waals surface area contributed by atoms with Crippen molar-refractivity contribution in [2.24, 2.45) is 0 Å². The minimum atomic E-state index is 0.627. The Balaban J connectivity index is 1.56. The predicted molar refractivity (Wildman–Crippen MR) is 84.0 cm³/mol. The fourth-order valence-corrected chi connectivity index (χ4v) is 3.79. The molecule has 2 aliphatic heterocycles. The van der Waals surface area contributed by atoms with Crippen LogP contribution in [0.2, 0.25) is 0 Å². The third-order valence-electron chi connectivity index (χ3n) is 5.08. The van der Waals surface area contributed by atoms with Gasteiger partial charge in [-0.15, -0.1) is 10.2 Å². The first-order valence-electron chi connectivity index (χ1n) is 7.62. The maximum atomic E-state index is 4.47. The fraction of sp³-hybridized carbons (Fsp3) is 0.412. The van der Waals surface area contributed by atoms with Gasteiger partial charge in [-0.3, -0.25) is 0 Å². The van der Waals surface area contributed by atoms with Gasteiger partial charge in [0.1, 0.15) is 6.04 Å². The van der Waals surface area contributed by atoms with E-state index >= 15 is 0 Å². The van der Waals surface area contributed by atoms with Crippen LogP contribution in [0.15, 0.2) is 42.5 Å². The van der Waals surface area contributed by atoms with E-state index in [9.17, 15) is 0 Å². The Morgan fingerprint density at radius 1 is 1.05 bits per heavy atom. The van der Waals surface area contributed by atoms with Crippen LogP contribution in [0.5, 0.6) is 0 Å². The Morgan fingerprint density at radius 3 is 2.43 bits per heavy atom. The second kappa shape index (κ2) is 4.53. The Labute approximate surface area is 125 Å². The van der Waals surface area contributed by atoms with E-state index < -0.39 is 0 Å². The van der Waals surface area contributed by atoms with Crippen LogP contribution in [0.1, 0.15) is 6.42 Å². The van der Waals surface area contributed by atoms with E-state index in [1.54, 1.807) is 0 Å². The van der Waals surface area contributed by atoms with Gasteiger partial charge in [-0.05, 0) is 12.1 Å². The Morgan fingerprint density at radius 2 is 1.86 bits per heavy atom. The molecule has 2 aromatic rings. The summed E-state index contributed by atoms with van der Waals surface area (Å²) in [5.74, 6) is 1.03.